The normalized spacial score (nSPS) is 10.2. The van der Waals surface area contributed by atoms with Crippen molar-refractivity contribution in [3.8, 4) is 0 Å². The van der Waals surface area contributed by atoms with Crippen LogP contribution in [0.4, 0.5) is 11.4 Å². The molecule has 20 heavy (non-hydrogen) atoms. The van der Waals surface area contributed by atoms with E-state index in [-0.39, 0.29) is 11.1 Å². The highest BCUT2D eigenvalue weighted by atomic mass is 79.9. The minimum absolute atomic E-state index is 0.226. The molecule has 1 aromatic carbocycles. The van der Waals surface area contributed by atoms with E-state index in [0.29, 0.717) is 11.3 Å². The molecule has 104 valence electrons. The monoisotopic (exact) mass is 353 g/mol. The lowest BCUT2D eigenvalue weighted by molar-refractivity contribution is 0.102. The predicted molar refractivity (Wildman–Crippen MR) is 85.7 cm³/mol. The Balaban J connectivity index is 2.24. The Morgan fingerprint density at radius 3 is 2.80 bits per heavy atom. The first-order valence-corrected chi connectivity index (χ1v) is 7.04. The van der Waals surface area contributed by atoms with Gasteiger partial charge in [0.2, 0.25) is 0 Å². The van der Waals surface area contributed by atoms with Crippen LogP contribution in [0.1, 0.15) is 10.4 Å². The fourth-order valence-electron chi connectivity index (χ4n) is 1.63. The van der Waals surface area contributed by atoms with Crippen LogP contribution in [-0.2, 0) is 0 Å². The first-order valence-electron chi connectivity index (χ1n) is 5.87. The fraction of sp³-hybridized carbons (Fsp3) is 0.143. The number of halogens is 2. The van der Waals surface area contributed by atoms with E-state index in [9.17, 15) is 4.79 Å². The van der Waals surface area contributed by atoms with Crippen molar-refractivity contribution in [3.05, 3.63) is 51.7 Å². The zero-order valence-corrected chi connectivity index (χ0v) is 13.4. The molecule has 0 radical (unpaired) electrons. The highest BCUT2D eigenvalue weighted by Gasteiger charge is 2.10. The Kier molecular flexibility index (Phi) is 4.62. The van der Waals surface area contributed by atoms with Crippen molar-refractivity contribution in [2.45, 2.75) is 0 Å². The van der Waals surface area contributed by atoms with E-state index in [2.05, 4.69) is 26.2 Å². The number of anilines is 2. The number of aromatic nitrogens is 1. The molecule has 1 heterocycles. The van der Waals surface area contributed by atoms with Crippen molar-refractivity contribution < 1.29 is 4.79 Å². The Bertz CT molecular complexity index is 646. The Morgan fingerprint density at radius 2 is 2.10 bits per heavy atom. The maximum atomic E-state index is 12.2. The lowest BCUT2D eigenvalue weighted by Gasteiger charge is -2.13. The third-order valence-electron chi connectivity index (χ3n) is 2.68. The summed E-state index contributed by atoms with van der Waals surface area (Å²) in [5.74, 6) is -0.226. The van der Waals surface area contributed by atoms with Crippen molar-refractivity contribution >= 4 is 44.8 Å². The molecule has 6 heteroatoms. The van der Waals surface area contributed by atoms with Gasteiger partial charge in [-0.05, 0) is 40.2 Å². The zero-order valence-electron chi connectivity index (χ0n) is 11.0. The average molecular weight is 355 g/mol. The zero-order chi connectivity index (χ0) is 14.7. The predicted octanol–water partition coefficient (Wildman–Crippen LogP) is 3.82. The van der Waals surface area contributed by atoms with Gasteiger partial charge in [0.1, 0.15) is 0 Å². The van der Waals surface area contributed by atoms with Crippen LogP contribution in [-0.4, -0.2) is 25.0 Å². The molecule has 1 amide bonds. The number of amides is 1. The summed E-state index contributed by atoms with van der Waals surface area (Å²) in [5.41, 5.74) is 1.99. The topological polar surface area (TPSA) is 45.2 Å². The maximum Gasteiger partial charge on any atom is 0.255 e. The average Bonchev–Trinajstić information content (AvgIpc) is 2.43. The highest BCUT2D eigenvalue weighted by Crippen LogP contribution is 2.24. The van der Waals surface area contributed by atoms with E-state index in [1.807, 2.05) is 37.2 Å². The Morgan fingerprint density at radius 1 is 1.35 bits per heavy atom. The molecule has 0 aliphatic rings. The molecule has 0 spiro atoms. The van der Waals surface area contributed by atoms with E-state index < -0.39 is 0 Å². The van der Waals surface area contributed by atoms with Crippen LogP contribution in [0.5, 0.6) is 0 Å². The molecule has 2 rings (SSSR count). The van der Waals surface area contributed by atoms with Gasteiger partial charge in [0.25, 0.3) is 5.91 Å². The summed E-state index contributed by atoms with van der Waals surface area (Å²) in [6.45, 7) is 0. The van der Waals surface area contributed by atoms with Gasteiger partial charge in [-0.25, -0.2) is 4.98 Å². The van der Waals surface area contributed by atoms with Gasteiger partial charge in [-0.3, -0.25) is 4.79 Å². The maximum absolute atomic E-state index is 12.2. The van der Waals surface area contributed by atoms with Gasteiger partial charge in [-0.1, -0.05) is 17.7 Å². The van der Waals surface area contributed by atoms with Crippen molar-refractivity contribution in [1.29, 1.82) is 0 Å². The summed E-state index contributed by atoms with van der Waals surface area (Å²) in [6, 6.07) is 9.05. The summed E-state index contributed by atoms with van der Waals surface area (Å²) in [7, 11) is 3.85. The van der Waals surface area contributed by atoms with Crippen LogP contribution >= 0.6 is 27.5 Å². The van der Waals surface area contributed by atoms with Crippen LogP contribution in [0.15, 0.2) is 41.0 Å². The van der Waals surface area contributed by atoms with Crippen LogP contribution in [0.2, 0.25) is 5.15 Å². The Hall–Kier alpha value is -1.59. The third kappa shape index (κ3) is 3.49. The highest BCUT2D eigenvalue weighted by molar-refractivity contribution is 9.10. The molecule has 0 bridgehead atoms. The molecular formula is C14H13BrClN3O. The van der Waals surface area contributed by atoms with E-state index in [1.165, 1.54) is 0 Å². The molecule has 4 nitrogen and oxygen atoms in total. The molecule has 1 aromatic heterocycles. The van der Waals surface area contributed by atoms with Gasteiger partial charge in [-0.2, -0.15) is 0 Å². The minimum atomic E-state index is -0.226. The molecule has 0 unspecified atom stereocenters. The largest absolute Gasteiger partial charge is 0.378 e. The van der Waals surface area contributed by atoms with Crippen molar-refractivity contribution in [2.75, 3.05) is 24.3 Å². The van der Waals surface area contributed by atoms with E-state index >= 15 is 0 Å². The third-order valence-corrected chi connectivity index (χ3v) is 3.41. The summed E-state index contributed by atoms with van der Waals surface area (Å²) in [4.78, 5) is 18.1. The number of pyridine rings is 1. The van der Waals surface area contributed by atoms with Gasteiger partial charge in [-0.15, -0.1) is 0 Å². The van der Waals surface area contributed by atoms with Gasteiger partial charge in [0, 0.05) is 36.0 Å². The van der Waals surface area contributed by atoms with E-state index in [0.717, 1.165) is 10.2 Å². The second kappa shape index (κ2) is 6.24. The summed E-state index contributed by atoms with van der Waals surface area (Å²) in [5, 5.41) is 3.01. The number of benzene rings is 1. The fourth-order valence-corrected chi connectivity index (χ4v) is 2.11. The lowest BCUT2D eigenvalue weighted by atomic mass is 10.2. The number of hydrogen-bond acceptors (Lipinski definition) is 3. The first-order chi connectivity index (χ1) is 9.47. The molecule has 0 aliphatic heterocycles. The molecular weight excluding hydrogens is 342 g/mol. The number of carbonyl (C=O) groups excluding carboxylic acids is 1. The summed E-state index contributed by atoms with van der Waals surface area (Å²) >= 11 is 9.25. The van der Waals surface area contributed by atoms with Crippen LogP contribution in [0.25, 0.3) is 0 Å². The minimum Gasteiger partial charge on any atom is -0.378 e. The number of carbonyl (C=O) groups is 1. The van der Waals surface area contributed by atoms with E-state index in [1.54, 1.807) is 18.3 Å². The van der Waals surface area contributed by atoms with Crippen LogP contribution in [0.3, 0.4) is 0 Å². The number of rotatable bonds is 3. The number of nitrogens with one attached hydrogen (secondary N) is 1. The lowest BCUT2D eigenvalue weighted by Crippen LogP contribution is -2.14. The molecule has 0 saturated carbocycles. The van der Waals surface area contributed by atoms with E-state index in [4.69, 9.17) is 11.6 Å². The molecule has 2 aromatic rings. The SMILES string of the molecule is CN(C)c1cccc(C(=O)Nc2cc(Br)cnc2Cl)c1. The molecule has 0 fully saturated rings. The smallest absolute Gasteiger partial charge is 0.255 e. The summed E-state index contributed by atoms with van der Waals surface area (Å²) in [6.07, 6.45) is 1.57. The standard InChI is InChI=1S/C14H13BrClN3O/c1-19(2)11-5-3-4-9(6-11)14(20)18-12-7-10(15)8-17-13(12)16/h3-8H,1-2H3,(H,18,20). The van der Waals surface area contributed by atoms with Gasteiger partial charge in [0.05, 0.1) is 5.69 Å². The number of hydrogen-bond donors (Lipinski definition) is 1. The molecule has 0 saturated heterocycles. The van der Waals surface area contributed by atoms with Crippen LogP contribution in [0, 0.1) is 0 Å². The summed E-state index contributed by atoms with van der Waals surface area (Å²) < 4.78 is 0.749. The quantitative estimate of drug-likeness (QED) is 0.852. The van der Waals surface area contributed by atoms with Gasteiger partial charge >= 0.3 is 0 Å². The first kappa shape index (κ1) is 14.8. The van der Waals surface area contributed by atoms with Crippen molar-refractivity contribution in [3.63, 3.8) is 0 Å². The second-order valence-corrected chi connectivity index (χ2v) is 5.66. The molecule has 1 N–H and O–H groups in total. The second-order valence-electron chi connectivity index (χ2n) is 4.39. The molecule has 0 atom stereocenters. The molecule has 0 aliphatic carbocycles. The van der Waals surface area contributed by atoms with Crippen LogP contribution < -0.4 is 10.2 Å². The van der Waals surface area contributed by atoms with Gasteiger partial charge in [0.15, 0.2) is 5.15 Å². The Labute approximate surface area is 130 Å². The van der Waals surface area contributed by atoms with Crippen molar-refractivity contribution in [1.82, 2.24) is 4.98 Å². The van der Waals surface area contributed by atoms with Crippen molar-refractivity contribution in [2.24, 2.45) is 0 Å². The van der Waals surface area contributed by atoms with Gasteiger partial charge < -0.3 is 10.2 Å². The number of nitrogens with zero attached hydrogens (tertiary/aromatic N) is 2.